The number of hydrogen-bond donors (Lipinski definition) is 1. The summed E-state index contributed by atoms with van der Waals surface area (Å²) in [6.45, 7) is 0. The highest BCUT2D eigenvalue weighted by Crippen LogP contribution is 2.22. The van der Waals surface area contributed by atoms with Crippen LogP contribution in [0.25, 0.3) is 0 Å². The highest BCUT2D eigenvalue weighted by Gasteiger charge is 2.27. The van der Waals surface area contributed by atoms with Crippen LogP contribution in [0, 0.1) is 10.1 Å². The molecule has 1 N–H and O–H groups in total. The van der Waals surface area contributed by atoms with Crippen molar-refractivity contribution < 1.29 is 18.1 Å². The molecule has 1 aromatic heterocycles. The van der Waals surface area contributed by atoms with Gasteiger partial charge in [0.05, 0.1) is 4.92 Å². The Morgan fingerprint density at radius 1 is 1.14 bits per heavy atom. The van der Waals surface area contributed by atoms with Gasteiger partial charge in [0, 0.05) is 12.3 Å². The largest absolute Gasteiger partial charge is 0.289 e. The minimum absolute atomic E-state index is 0.111. The fraction of sp³-hybridized carbons (Fsp3) is 0. The van der Waals surface area contributed by atoms with Crippen LogP contribution < -0.4 is 4.72 Å². The van der Waals surface area contributed by atoms with Gasteiger partial charge in [-0.15, -0.1) is 0 Å². The highest BCUT2D eigenvalue weighted by atomic mass is 32.2. The smallest absolute Gasteiger partial charge is 0.266 e. The number of carbonyl (C=O) groups excluding carboxylic acids is 1. The third-order valence-corrected chi connectivity index (χ3v) is 3.85. The molecule has 2 aromatic rings. The number of para-hydroxylation sites is 1. The van der Waals surface area contributed by atoms with Gasteiger partial charge in [0.2, 0.25) is 0 Å². The molecule has 8 nitrogen and oxygen atoms in total. The number of nitrogens with one attached hydrogen (secondary N) is 1. The molecule has 108 valence electrons. The molecule has 0 atom stereocenters. The fourth-order valence-corrected chi connectivity index (χ4v) is 2.70. The van der Waals surface area contributed by atoms with Gasteiger partial charge in [-0.2, -0.15) is 0 Å². The van der Waals surface area contributed by atoms with Gasteiger partial charge in [-0.25, -0.2) is 13.1 Å². The van der Waals surface area contributed by atoms with E-state index >= 15 is 0 Å². The lowest BCUT2D eigenvalue weighted by Crippen LogP contribution is -2.31. The molecule has 0 fully saturated rings. The summed E-state index contributed by atoms with van der Waals surface area (Å²) in [7, 11) is -4.36. The third kappa shape index (κ3) is 3.20. The standard InChI is InChI=1S/C12H9N3O5S/c16-12(9-5-3-4-8-13-9)14-21(19,20)11-7-2-1-6-10(11)15(17)18/h1-8H,(H,14,16). The molecular weight excluding hydrogens is 298 g/mol. The number of hydrogen-bond acceptors (Lipinski definition) is 6. The van der Waals surface area contributed by atoms with Gasteiger partial charge >= 0.3 is 0 Å². The number of pyridine rings is 1. The quantitative estimate of drug-likeness (QED) is 0.667. The number of sulfonamides is 1. The first-order chi connectivity index (χ1) is 9.92. The lowest BCUT2D eigenvalue weighted by Gasteiger charge is -2.06. The second kappa shape index (κ2) is 5.67. The number of nitro benzene ring substituents is 1. The second-order valence-corrected chi connectivity index (χ2v) is 5.53. The molecule has 0 bridgehead atoms. The van der Waals surface area contributed by atoms with Gasteiger partial charge < -0.3 is 0 Å². The Labute approximate surface area is 119 Å². The Bertz CT molecular complexity index is 790. The molecule has 0 radical (unpaired) electrons. The summed E-state index contributed by atoms with van der Waals surface area (Å²) < 4.78 is 25.9. The minimum Gasteiger partial charge on any atom is -0.266 e. The number of nitro groups is 1. The number of aromatic nitrogens is 1. The van der Waals surface area contributed by atoms with Crippen LogP contribution in [0.2, 0.25) is 0 Å². The van der Waals surface area contributed by atoms with Gasteiger partial charge in [-0.1, -0.05) is 18.2 Å². The number of rotatable bonds is 4. The summed E-state index contributed by atoms with van der Waals surface area (Å²) >= 11 is 0. The second-order valence-electron chi connectivity index (χ2n) is 3.87. The average Bonchev–Trinajstić information content (AvgIpc) is 2.47. The van der Waals surface area contributed by atoms with Crippen molar-refractivity contribution in [3.8, 4) is 0 Å². The average molecular weight is 307 g/mol. The number of amides is 1. The summed E-state index contributed by atoms with van der Waals surface area (Å²) in [5.74, 6) is -0.964. The predicted octanol–water partition coefficient (Wildman–Crippen LogP) is 1.11. The van der Waals surface area contributed by atoms with Gasteiger partial charge in [0.25, 0.3) is 21.6 Å². The molecule has 0 spiro atoms. The maximum absolute atomic E-state index is 12.1. The summed E-state index contributed by atoms with van der Waals surface area (Å²) in [4.78, 5) is 24.9. The van der Waals surface area contributed by atoms with E-state index < -0.39 is 31.4 Å². The van der Waals surface area contributed by atoms with Gasteiger partial charge in [-0.05, 0) is 18.2 Å². The van der Waals surface area contributed by atoms with Crippen LogP contribution in [0.3, 0.4) is 0 Å². The molecule has 21 heavy (non-hydrogen) atoms. The first-order valence-corrected chi connectivity index (χ1v) is 7.12. The summed E-state index contributed by atoms with van der Waals surface area (Å²) in [6, 6.07) is 9.15. The van der Waals surface area contributed by atoms with E-state index in [0.717, 1.165) is 12.1 Å². The minimum atomic E-state index is -4.36. The summed E-state index contributed by atoms with van der Waals surface area (Å²) in [6.07, 6.45) is 1.33. The van der Waals surface area contributed by atoms with Crippen LogP contribution in [0.4, 0.5) is 5.69 Å². The van der Waals surface area contributed by atoms with Crippen LogP contribution in [0.5, 0.6) is 0 Å². The van der Waals surface area contributed by atoms with Crippen molar-refractivity contribution in [2.75, 3.05) is 0 Å². The lowest BCUT2D eigenvalue weighted by atomic mass is 10.3. The molecule has 0 aliphatic heterocycles. The molecule has 2 rings (SSSR count). The van der Waals surface area contributed by atoms with Gasteiger partial charge in [0.15, 0.2) is 4.90 Å². The number of nitrogens with zero attached hydrogens (tertiary/aromatic N) is 2. The molecule has 0 saturated carbocycles. The zero-order valence-corrected chi connectivity index (χ0v) is 11.3. The van der Waals surface area contributed by atoms with Crippen molar-refractivity contribution in [3.63, 3.8) is 0 Å². The maximum atomic E-state index is 12.1. The number of carbonyl (C=O) groups is 1. The maximum Gasteiger partial charge on any atom is 0.289 e. The van der Waals surface area contributed by atoms with Crippen molar-refractivity contribution >= 4 is 21.6 Å². The molecular formula is C12H9N3O5S. The lowest BCUT2D eigenvalue weighted by molar-refractivity contribution is -0.387. The first-order valence-electron chi connectivity index (χ1n) is 5.63. The Balaban J connectivity index is 2.36. The van der Waals surface area contributed by atoms with Crippen molar-refractivity contribution in [2.24, 2.45) is 0 Å². The van der Waals surface area contributed by atoms with Crippen LogP contribution in [-0.4, -0.2) is 24.2 Å². The van der Waals surface area contributed by atoms with Crippen LogP contribution in [0.1, 0.15) is 10.5 Å². The zero-order valence-electron chi connectivity index (χ0n) is 10.5. The monoisotopic (exact) mass is 307 g/mol. The normalized spacial score (nSPS) is 10.9. The van der Waals surface area contributed by atoms with Crippen molar-refractivity contribution in [1.82, 2.24) is 9.71 Å². The van der Waals surface area contributed by atoms with Crippen molar-refractivity contribution in [3.05, 3.63) is 64.5 Å². The Morgan fingerprint density at radius 2 is 1.81 bits per heavy atom. The van der Waals surface area contributed by atoms with Gasteiger partial charge in [0.1, 0.15) is 5.69 Å². The fourth-order valence-electron chi connectivity index (χ4n) is 1.56. The van der Waals surface area contributed by atoms with Crippen molar-refractivity contribution in [2.45, 2.75) is 4.90 Å². The molecule has 1 heterocycles. The zero-order chi connectivity index (χ0) is 15.5. The third-order valence-electron chi connectivity index (χ3n) is 2.48. The highest BCUT2D eigenvalue weighted by molar-refractivity contribution is 7.90. The first kappa shape index (κ1) is 14.6. The summed E-state index contributed by atoms with van der Waals surface area (Å²) in [5.41, 5.74) is -0.724. The van der Waals surface area contributed by atoms with Crippen LogP contribution in [0.15, 0.2) is 53.6 Å². The van der Waals surface area contributed by atoms with E-state index in [4.69, 9.17) is 0 Å². The van der Waals surface area contributed by atoms with Gasteiger partial charge in [-0.3, -0.25) is 19.9 Å². The molecule has 1 aromatic carbocycles. The molecule has 0 aliphatic carbocycles. The van der Waals surface area contributed by atoms with Crippen LogP contribution >= 0.6 is 0 Å². The Hall–Kier alpha value is -2.81. The Kier molecular flexibility index (Phi) is 3.94. The van der Waals surface area contributed by atoms with E-state index in [-0.39, 0.29) is 5.69 Å². The van der Waals surface area contributed by atoms with Crippen molar-refractivity contribution in [1.29, 1.82) is 0 Å². The molecule has 1 amide bonds. The molecule has 9 heteroatoms. The van der Waals surface area contributed by atoms with Crippen LogP contribution in [-0.2, 0) is 10.0 Å². The molecule has 0 aliphatic rings. The summed E-state index contributed by atoms with van der Waals surface area (Å²) in [5, 5.41) is 10.8. The topological polar surface area (TPSA) is 119 Å². The van der Waals surface area contributed by atoms with E-state index in [1.165, 1.54) is 30.5 Å². The number of benzene rings is 1. The predicted molar refractivity (Wildman–Crippen MR) is 72.0 cm³/mol. The van der Waals surface area contributed by atoms with E-state index in [2.05, 4.69) is 4.98 Å². The Morgan fingerprint density at radius 3 is 2.43 bits per heavy atom. The molecule has 0 unspecified atom stereocenters. The van der Waals surface area contributed by atoms with E-state index in [0.29, 0.717) is 0 Å². The SMILES string of the molecule is O=C(NS(=O)(=O)c1ccccc1[N+](=O)[O-])c1ccccn1. The van der Waals surface area contributed by atoms with E-state index in [1.54, 1.807) is 10.8 Å². The molecule has 0 saturated heterocycles. The van der Waals surface area contributed by atoms with E-state index in [1.807, 2.05) is 0 Å². The van der Waals surface area contributed by atoms with E-state index in [9.17, 15) is 23.3 Å².